The number of amides is 1. The van der Waals surface area contributed by atoms with E-state index in [1.807, 2.05) is 44.3 Å². The highest BCUT2D eigenvalue weighted by molar-refractivity contribution is 7.11. The van der Waals surface area contributed by atoms with Gasteiger partial charge in [-0.25, -0.2) is 4.98 Å². The van der Waals surface area contributed by atoms with Crippen LogP contribution < -0.4 is 5.32 Å². The van der Waals surface area contributed by atoms with Gasteiger partial charge in [0.2, 0.25) is 0 Å². The number of nitrogens with one attached hydrogen (secondary N) is 2. The van der Waals surface area contributed by atoms with Crippen LogP contribution in [0.5, 0.6) is 0 Å². The smallest absolute Gasteiger partial charge is 0.254 e. The number of aromatic amines is 1. The molecule has 0 aliphatic rings. The fraction of sp³-hybridized carbons (Fsp3) is 0.200. The molecule has 0 spiro atoms. The molecule has 1 atom stereocenters. The SMILES string of the molecule is Cc1cnc(C(C)NC(=O)c2c[nH]c3ccccc23)s1. The number of thiazole rings is 1. The molecule has 0 saturated heterocycles. The van der Waals surface area contributed by atoms with Crippen molar-refractivity contribution in [2.75, 3.05) is 0 Å². The van der Waals surface area contributed by atoms with E-state index in [4.69, 9.17) is 0 Å². The number of aryl methyl sites for hydroxylation is 1. The van der Waals surface area contributed by atoms with Gasteiger partial charge in [-0.3, -0.25) is 4.79 Å². The minimum atomic E-state index is -0.0881. The average Bonchev–Trinajstić information content (AvgIpc) is 3.04. The molecule has 1 amide bonds. The zero-order valence-electron chi connectivity index (χ0n) is 11.3. The lowest BCUT2D eigenvalue weighted by atomic mass is 10.1. The Morgan fingerprint density at radius 2 is 2.20 bits per heavy atom. The fourth-order valence-electron chi connectivity index (χ4n) is 2.17. The number of para-hydroxylation sites is 1. The number of H-pyrrole nitrogens is 1. The van der Waals surface area contributed by atoms with Gasteiger partial charge >= 0.3 is 0 Å². The number of rotatable bonds is 3. The van der Waals surface area contributed by atoms with E-state index in [2.05, 4.69) is 15.3 Å². The highest BCUT2D eigenvalue weighted by atomic mass is 32.1. The first kappa shape index (κ1) is 12.9. The van der Waals surface area contributed by atoms with Crippen molar-refractivity contribution < 1.29 is 4.79 Å². The summed E-state index contributed by atoms with van der Waals surface area (Å²) in [5.41, 5.74) is 1.64. The molecule has 2 N–H and O–H groups in total. The van der Waals surface area contributed by atoms with Gasteiger partial charge in [0, 0.05) is 28.2 Å². The van der Waals surface area contributed by atoms with Gasteiger partial charge in [-0.15, -0.1) is 11.3 Å². The molecule has 3 aromatic rings. The molecule has 0 radical (unpaired) electrons. The number of hydrogen-bond donors (Lipinski definition) is 2. The molecule has 0 bridgehead atoms. The van der Waals surface area contributed by atoms with Gasteiger partial charge in [0.05, 0.1) is 11.6 Å². The van der Waals surface area contributed by atoms with Crippen LogP contribution in [0.3, 0.4) is 0 Å². The number of nitrogens with zero attached hydrogens (tertiary/aromatic N) is 1. The lowest BCUT2D eigenvalue weighted by Crippen LogP contribution is -2.26. The standard InChI is InChI=1S/C15H15N3OS/c1-9-7-17-15(20-9)10(2)18-14(19)12-8-16-13-6-4-3-5-11(12)13/h3-8,10,16H,1-2H3,(H,18,19). The van der Waals surface area contributed by atoms with Crippen molar-refractivity contribution in [1.29, 1.82) is 0 Å². The number of carbonyl (C=O) groups excluding carboxylic acids is 1. The van der Waals surface area contributed by atoms with Gasteiger partial charge in [-0.05, 0) is 19.9 Å². The summed E-state index contributed by atoms with van der Waals surface area (Å²) in [7, 11) is 0. The normalized spacial score (nSPS) is 12.5. The number of benzene rings is 1. The summed E-state index contributed by atoms with van der Waals surface area (Å²) in [4.78, 5) is 20.9. The summed E-state index contributed by atoms with van der Waals surface area (Å²) in [6.07, 6.45) is 3.58. The van der Waals surface area contributed by atoms with Gasteiger partial charge in [0.25, 0.3) is 5.91 Å². The summed E-state index contributed by atoms with van der Waals surface area (Å²) in [6.45, 7) is 3.96. The highest BCUT2D eigenvalue weighted by Crippen LogP contribution is 2.21. The predicted molar refractivity (Wildman–Crippen MR) is 81.0 cm³/mol. The van der Waals surface area contributed by atoms with Crippen molar-refractivity contribution in [1.82, 2.24) is 15.3 Å². The van der Waals surface area contributed by atoms with Crippen molar-refractivity contribution in [3.8, 4) is 0 Å². The van der Waals surface area contributed by atoms with Crippen molar-refractivity contribution in [3.05, 3.63) is 52.1 Å². The van der Waals surface area contributed by atoms with Crippen LogP contribution in [0.1, 0.15) is 33.2 Å². The maximum atomic E-state index is 12.4. The minimum Gasteiger partial charge on any atom is -0.360 e. The van der Waals surface area contributed by atoms with E-state index in [0.29, 0.717) is 5.56 Å². The molecule has 0 fully saturated rings. The second kappa shape index (κ2) is 5.09. The largest absolute Gasteiger partial charge is 0.360 e. The Morgan fingerprint density at radius 3 is 2.95 bits per heavy atom. The molecular weight excluding hydrogens is 270 g/mol. The summed E-state index contributed by atoms with van der Waals surface area (Å²) in [6, 6.07) is 7.69. The molecule has 20 heavy (non-hydrogen) atoms. The number of fused-ring (bicyclic) bond motifs is 1. The van der Waals surface area contributed by atoms with Crippen molar-refractivity contribution in [2.24, 2.45) is 0 Å². The van der Waals surface area contributed by atoms with Gasteiger partial charge in [-0.2, -0.15) is 0 Å². The quantitative estimate of drug-likeness (QED) is 0.774. The van der Waals surface area contributed by atoms with Crippen LogP contribution >= 0.6 is 11.3 Å². The lowest BCUT2D eigenvalue weighted by molar-refractivity contribution is 0.0941. The highest BCUT2D eigenvalue weighted by Gasteiger charge is 2.16. The Hall–Kier alpha value is -2.14. The molecule has 5 heteroatoms. The fourth-order valence-corrected chi connectivity index (χ4v) is 2.94. The van der Waals surface area contributed by atoms with Gasteiger partial charge in [0.15, 0.2) is 0 Å². The van der Waals surface area contributed by atoms with Crippen molar-refractivity contribution in [3.63, 3.8) is 0 Å². The molecule has 1 unspecified atom stereocenters. The Morgan fingerprint density at radius 1 is 1.40 bits per heavy atom. The van der Waals surface area contributed by atoms with Gasteiger partial charge in [-0.1, -0.05) is 18.2 Å². The number of hydrogen-bond acceptors (Lipinski definition) is 3. The van der Waals surface area contributed by atoms with E-state index in [1.165, 1.54) is 0 Å². The first-order chi connectivity index (χ1) is 9.65. The van der Waals surface area contributed by atoms with Gasteiger partial charge in [0.1, 0.15) is 5.01 Å². The van der Waals surface area contributed by atoms with E-state index < -0.39 is 0 Å². The maximum Gasteiger partial charge on any atom is 0.254 e. The van der Waals surface area contributed by atoms with Gasteiger partial charge < -0.3 is 10.3 Å². The topological polar surface area (TPSA) is 57.8 Å². The second-order valence-electron chi connectivity index (χ2n) is 4.75. The molecule has 4 nitrogen and oxygen atoms in total. The predicted octanol–water partition coefficient (Wildman–Crippen LogP) is 3.42. The lowest BCUT2D eigenvalue weighted by Gasteiger charge is -2.10. The Labute approximate surface area is 120 Å². The second-order valence-corrected chi connectivity index (χ2v) is 6.02. The molecule has 0 saturated carbocycles. The van der Waals surface area contributed by atoms with Crippen LogP contribution in [0, 0.1) is 6.92 Å². The Balaban J connectivity index is 1.82. The van der Waals surface area contributed by atoms with Crippen LogP contribution in [0.15, 0.2) is 36.7 Å². The Kier molecular flexibility index (Phi) is 3.28. The molecule has 3 rings (SSSR count). The van der Waals surface area contributed by atoms with Crippen LogP contribution in [-0.4, -0.2) is 15.9 Å². The van der Waals surface area contributed by atoms with E-state index in [0.717, 1.165) is 20.8 Å². The molecule has 0 aliphatic heterocycles. The van der Waals surface area contributed by atoms with Crippen LogP contribution in [0.2, 0.25) is 0 Å². The number of carbonyl (C=O) groups is 1. The van der Waals surface area contributed by atoms with E-state index in [-0.39, 0.29) is 11.9 Å². The molecular formula is C15H15N3OS. The van der Waals surface area contributed by atoms with Crippen molar-refractivity contribution >= 4 is 28.1 Å². The molecule has 2 heterocycles. The maximum absolute atomic E-state index is 12.4. The molecule has 2 aromatic heterocycles. The monoisotopic (exact) mass is 285 g/mol. The van der Waals surface area contributed by atoms with Crippen molar-refractivity contribution in [2.45, 2.75) is 19.9 Å². The zero-order chi connectivity index (χ0) is 14.1. The van der Waals surface area contributed by atoms with Crippen LogP contribution in [0.4, 0.5) is 0 Å². The zero-order valence-corrected chi connectivity index (χ0v) is 12.1. The summed E-state index contributed by atoms with van der Waals surface area (Å²) >= 11 is 1.61. The number of aromatic nitrogens is 2. The minimum absolute atomic E-state index is 0.0807. The average molecular weight is 285 g/mol. The third-order valence-electron chi connectivity index (χ3n) is 3.19. The van der Waals surface area contributed by atoms with E-state index >= 15 is 0 Å². The molecule has 102 valence electrons. The van der Waals surface area contributed by atoms with E-state index in [1.54, 1.807) is 17.5 Å². The first-order valence-electron chi connectivity index (χ1n) is 6.44. The summed E-state index contributed by atoms with van der Waals surface area (Å²) < 4.78 is 0. The molecule has 1 aromatic carbocycles. The Bertz CT molecular complexity index is 759. The summed E-state index contributed by atoms with van der Waals surface area (Å²) in [5, 5.41) is 4.86. The van der Waals surface area contributed by atoms with Crippen LogP contribution in [0.25, 0.3) is 10.9 Å². The third kappa shape index (κ3) is 2.32. The first-order valence-corrected chi connectivity index (χ1v) is 7.26. The molecule has 0 aliphatic carbocycles. The van der Waals surface area contributed by atoms with Crippen LogP contribution in [-0.2, 0) is 0 Å². The summed E-state index contributed by atoms with van der Waals surface area (Å²) in [5.74, 6) is -0.0807. The van der Waals surface area contributed by atoms with E-state index in [9.17, 15) is 4.79 Å². The third-order valence-corrected chi connectivity index (χ3v) is 4.29.